The zero-order valence-electron chi connectivity index (χ0n) is 8.60. The molecule has 0 amide bonds. The number of aliphatic hydroxyl groups is 2. The lowest BCUT2D eigenvalue weighted by Gasteiger charge is -2.33. The van der Waals surface area contributed by atoms with E-state index in [0.29, 0.717) is 25.0 Å². The van der Waals surface area contributed by atoms with E-state index in [-0.39, 0.29) is 0 Å². The van der Waals surface area contributed by atoms with E-state index in [2.05, 4.69) is 0 Å². The van der Waals surface area contributed by atoms with Gasteiger partial charge in [-0.15, -0.1) is 0 Å². The number of aliphatic hydroxyl groups excluding tert-OH is 2. The molecule has 2 nitrogen and oxygen atoms in total. The van der Waals surface area contributed by atoms with E-state index < -0.39 is 0 Å². The van der Waals surface area contributed by atoms with Crippen molar-refractivity contribution >= 4 is 0 Å². The largest absolute Gasteiger partial charge is 0.396 e. The summed E-state index contributed by atoms with van der Waals surface area (Å²) in [5, 5.41) is 18.6. The van der Waals surface area contributed by atoms with Gasteiger partial charge in [0.1, 0.15) is 0 Å². The molecule has 6 unspecified atom stereocenters. The Balaban J connectivity index is 1.82. The van der Waals surface area contributed by atoms with Crippen molar-refractivity contribution in [2.45, 2.75) is 25.7 Å². The Morgan fingerprint density at radius 3 is 2.36 bits per heavy atom. The van der Waals surface area contributed by atoms with Crippen molar-refractivity contribution in [2.75, 3.05) is 13.2 Å². The fraction of sp³-hybridized carbons (Fsp3) is 1.00. The van der Waals surface area contributed by atoms with Crippen LogP contribution in [0.4, 0.5) is 0 Å². The van der Waals surface area contributed by atoms with Gasteiger partial charge < -0.3 is 10.2 Å². The predicted molar refractivity (Wildman–Crippen MR) is 53.6 cm³/mol. The van der Waals surface area contributed by atoms with Crippen LogP contribution in [0.25, 0.3) is 0 Å². The van der Waals surface area contributed by atoms with E-state index in [0.717, 1.165) is 23.7 Å². The van der Waals surface area contributed by atoms with Gasteiger partial charge in [0.15, 0.2) is 0 Å². The molecule has 0 heterocycles. The first kappa shape index (κ1) is 9.17. The van der Waals surface area contributed by atoms with Crippen LogP contribution in [0.15, 0.2) is 0 Å². The van der Waals surface area contributed by atoms with Crippen molar-refractivity contribution in [3.63, 3.8) is 0 Å². The molecule has 80 valence electrons. The standard InChI is InChI=1S/C12H20O2/c13-5-7-1-2-10-8-3-9(6-14)11(4-8)12(7)10/h7-14H,1-6H2. The molecule has 3 rings (SSSR count). The van der Waals surface area contributed by atoms with Crippen LogP contribution in [0, 0.1) is 35.5 Å². The summed E-state index contributed by atoms with van der Waals surface area (Å²) in [5.74, 6) is 4.42. The van der Waals surface area contributed by atoms with Crippen molar-refractivity contribution in [1.29, 1.82) is 0 Å². The number of hydrogen-bond donors (Lipinski definition) is 2. The lowest BCUT2D eigenvalue weighted by atomic mass is 9.73. The van der Waals surface area contributed by atoms with Crippen LogP contribution in [0.1, 0.15) is 25.7 Å². The van der Waals surface area contributed by atoms with Crippen LogP contribution in [0.3, 0.4) is 0 Å². The van der Waals surface area contributed by atoms with Crippen molar-refractivity contribution in [2.24, 2.45) is 35.5 Å². The quantitative estimate of drug-likeness (QED) is 0.698. The summed E-state index contributed by atoms with van der Waals surface area (Å²) in [5.41, 5.74) is 0. The van der Waals surface area contributed by atoms with Crippen molar-refractivity contribution < 1.29 is 10.2 Å². The molecule has 0 aromatic rings. The zero-order chi connectivity index (χ0) is 9.71. The molecule has 3 fully saturated rings. The Morgan fingerprint density at radius 1 is 0.857 bits per heavy atom. The molecule has 0 saturated heterocycles. The molecule has 2 bridgehead atoms. The number of rotatable bonds is 2. The van der Waals surface area contributed by atoms with Gasteiger partial charge in [-0.3, -0.25) is 0 Å². The smallest absolute Gasteiger partial charge is 0.0462 e. The van der Waals surface area contributed by atoms with Gasteiger partial charge >= 0.3 is 0 Å². The molecule has 3 saturated carbocycles. The van der Waals surface area contributed by atoms with Gasteiger partial charge in [0.25, 0.3) is 0 Å². The molecule has 0 spiro atoms. The lowest BCUT2D eigenvalue weighted by molar-refractivity contribution is 0.0794. The van der Waals surface area contributed by atoms with Crippen LogP contribution in [0.2, 0.25) is 0 Å². The van der Waals surface area contributed by atoms with E-state index in [1.54, 1.807) is 0 Å². The van der Waals surface area contributed by atoms with Gasteiger partial charge in [0, 0.05) is 13.2 Å². The summed E-state index contributed by atoms with van der Waals surface area (Å²) >= 11 is 0. The molecular weight excluding hydrogens is 176 g/mol. The van der Waals surface area contributed by atoms with Crippen LogP contribution in [-0.2, 0) is 0 Å². The maximum absolute atomic E-state index is 9.34. The van der Waals surface area contributed by atoms with Crippen LogP contribution in [0.5, 0.6) is 0 Å². The molecule has 0 aromatic heterocycles. The SMILES string of the molecule is OCC1CC2CC1C1C(CO)CCC21. The lowest BCUT2D eigenvalue weighted by Crippen LogP contribution is -2.31. The maximum Gasteiger partial charge on any atom is 0.0462 e. The summed E-state index contributed by atoms with van der Waals surface area (Å²) in [6, 6.07) is 0. The fourth-order valence-corrected chi connectivity index (χ4v) is 4.80. The second-order valence-electron chi connectivity index (χ2n) is 5.60. The minimum Gasteiger partial charge on any atom is -0.396 e. The molecule has 2 N–H and O–H groups in total. The first-order valence-corrected chi connectivity index (χ1v) is 6.07. The number of fused-ring (bicyclic) bond motifs is 5. The first-order chi connectivity index (χ1) is 6.85. The Bertz CT molecular complexity index is 228. The topological polar surface area (TPSA) is 40.5 Å². The zero-order valence-corrected chi connectivity index (χ0v) is 8.60. The predicted octanol–water partition coefficient (Wildman–Crippen LogP) is 1.27. The highest BCUT2D eigenvalue weighted by Gasteiger charge is 2.56. The summed E-state index contributed by atoms with van der Waals surface area (Å²) < 4.78 is 0. The molecule has 6 atom stereocenters. The molecule has 14 heavy (non-hydrogen) atoms. The van der Waals surface area contributed by atoms with Gasteiger partial charge in [-0.1, -0.05) is 0 Å². The van der Waals surface area contributed by atoms with Gasteiger partial charge in [0.05, 0.1) is 0 Å². The van der Waals surface area contributed by atoms with Crippen LogP contribution in [-0.4, -0.2) is 23.4 Å². The highest BCUT2D eigenvalue weighted by Crippen LogP contribution is 2.62. The summed E-state index contributed by atoms with van der Waals surface area (Å²) in [6.45, 7) is 0.755. The Morgan fingerprint density at radius 2 is 1.64 bits per heavy atom. The Labute approximate surface area is 85.3 Å². The van der Waals surface area contributed by atoms with Crippen molar-refractivity contribution in [3.8, 4) is 0 Å². The third-order valence-electron chi connectivity index (χ3n) is 5.26. The Kier molecular flexibility index (Phi) is 2.10. The average Bonchev–Trinajstić information content (AvgIpc) is 2.87. The van der Waals surface area contributed by atoms with Gasteiger partial charge in [-0.2, -0.15) is 0 Å². The average molecular weight is 196 g/mol. The van der Waals surface area contributed by atoms with Gasteiger partial charge in [-0.25, -0.2) is 0 Å². The van der Waals surface area contributed by atoms with Crippen molar-refractivity contribution in [3.05, 3.63) is 0 Å². The summed E-state index contributed by atoms with van der Waals surface area (Å²) in [4.78, 5) is 0. The van der Waals surface area contributed by atoms with Crippen molar-refractivity contribution in [1.82, 2.24) is 0 Å². The molecule has 3 aliphatic rings. The van der Waals surface area contributed by atoms with Crippen LogP contribution < -0.4 is 0 Å². The molecule has 3 aliphatic carbocycles. The molecule has 0 radical (unpaired) electrons. The first-order valence-electron chi connectivity index (χ1n) is 6.07. The van der Waals surface area contributed by atoms with E-state index in [1.165, 1.54) is 25.7 Å². The third-order valence-corrected chi connectivity index (χ3v) is 5.26. The number of hydrogen-bond acceptors (Lipinski definition) is 2. The highest BCUT2D eigenvalue weighted by atomic mass is 16.3. The molecule has 2 heteroatoms. The fourth-order valence-electron chi connectivity index (χ4n) is 4.80. The second-order valence-corrected chi connectivity index (χ2v) is 5.60. The highest BCUT2D eigenvalue weighted by molar-refractivity contribution is 5.05. The molecule has 0 aromatic carbocycles. The Hall–Kier alpha value is -0.0800. The van der Waals surface area contributed by atoms with Gasteiger partial charge in [-0.05, 0) is 61.2 Å². The summed E-state index contributed by atoms with van der Waals surface area (Å²) in [7, 11) is 0. The monoisotopic (exact) mass is 196 g/mol. The summed E-state index contributed by atoms with van der Waals surface area (Å²) in [6.07, 6.45) is 5.18. The molecular formula is C12H20O2. The second kappa shape index (κ2) is 3.21. The van der Waals surface area contributed by atoms with E-state index in [1.807, 2.05) is 0 Å². The maximum atomic E-state index is 9.34. The normalized spacial score (nSPS) is 55.3. The minimum absolute atomic E-state index is 0.378. The van der Waals surface area contributed by atoms with E-state index in [4.69, 9.17) is 0 Å². The minimum atomic E-state index is 0.378. The van der Waals surface area contributed by atoms with E-state index in [9.17, 15) is 10.2 Å². The van der Waals surface area contributed by atoms with Crippen LogP contribution >= 0.6 is 0 Å². The van der Waals surface area contributed by atoms with E-state index >= 15 is 0 Å². The third kappa shape index (κ3) is 1.04. The molecule has 0 aliphatic heterocycles. The van der Waals surface area contributed by atoms with Gasteiger partial charge in [0.2, 0.25) is 0 Å².